The largest absolute Gasteiger partial charge is 0.308 e. The second-order valence-corrected chi connectivity index (χ2v) is 10.5. The van der Waals surface area contributed by atoms with E-state index in [0.717, 1.165) is 18.8 Å². The summed E-state index contributed by atoms with van der Waals surface area (Å²) in [6, 6.07) is 18.5. The molecule has 0 unspecified atom stereocenters. The van der Waals surface area contributed by atoms with Crippen molar-refractivity contribution in [2.45, 2.75) is 37.8 Å². The number of aromatic nitrogens is 2. The Kier molecular flexibility index (Phi) is 5.61. The van der Waals surface area contributed by atoms with E-state index in [-0.39, 0.29) is 0 Å². The average molecular weight is 459 g/mol. The highest BCUT2D eigenvalue weighted by Gasteiger charge is 2.20. The molecule has 2 N–H and O–H groups in total. The topological polar surface area (TPSA) is 49.8 Å². The van der Waals surface area contributed by atoms with Gasteiger partial charge >= 0.3 is 0 Å². The lowest BCUT2D eigenvalue weighted by Gasteiger charge is -2.06. The zero-order valence-corrected chi connectivity index (χ0v) is 19.5. The molecule has 0 saturated carbocycles. The molecule has 0 bridgehead atoms. The number of rotatable bonds is 5. The molecule has 0 radical (unpaired) electrons. The van der Waals surface area contributed by atoms with Crippen molar-refractivity contribution in [3.8, 4) is 32.8 Å². The van der Waals surface area contributed by atoms with Crippen molar-refractivity contribution in [2.75, 3.05) is 13.1 Å². The van der Waals surface area contributed by atoms with Gasteiger partial charge in [-0.2, -0.15) is 0 Å². The number of nitrogens with one attached hydrogen (secondary N) is 2. The van der Waals surface area contributed by atoms with Gasteiger partial charge in [0.2, 0.25) is 0 Å². The standard InChI is InChI=1S/C26H26N4S2/c1-3-21(27-13-1)25-29-15-24(32-25)20-11-7-18(8-12-20)17-5-9-19(10-6-17)23-16-31-26(30-23)22-4-2-14-28-22/h5-12,15-16,21-22,27-28H,1-4,13-14H2/t21-,22-/m0/s1. The lowest BCUT2D eigenvalue weighted by atomic mass is 10.0. The summed E-state index contributed by atoms with van der Waals surface area (Å²) in [4.78, 5) is 10.8. The molecule has 2 saturated heterocycles. The first-order valence-electron chi connectivity index (χ1n) is 11.4. The summed E-state index contributed by atoms with van der Waals surface area (Å²) in [6.07, 6.45) is 6.90. The summed E-state index contributed by atoms with van der Waals surface area (Å²) in [6.45, 7) is 2.21. The third kappa shape index (κ3) is 4.04. The predicted molar refractivity (Wildman–Crippen MR) is 134 cm³/mol. The zero-order valence-electron chi connectivity index (χ0n) is 17.9. The molecule has 2 aromatic heterocycles. The lowest BCUT2D eigenvalue weighted by Crippen LogP contribution is -2.12. The first kappa shape index (κ1) is 20.2. The van der Waals surface area contributed by atoms with Crippen LogP contribution < -0.4 is 10.6 Å². The van der Waals surface area contributed by atoms with Gasteiger partial charge in [-0.05, 0) is 55.5 Å². The maximum Gasteiger partial charge on any atom is 0.110 e. The molecule has 2 aromatic carbocycles. The number of hydrogen-bond acceptors (Lipinski definition) is 6. The highest BCUT2D eigenvalue weighted by Crippen LogP contribution is 2.34. The Labute approximate surface area is 196 Å². The van der Waals surface area contributed by atoms with Gasteiger partial charge < -0.3 is 10.6 Å². The third-order valence-electron chi connectivity index (χ3n) is 6.45. The summed E-state index contributed by atoms with van der Waals surface area (Å²) >= 11 is 3.58. The minimum atomic E-state index is 0.440. The Morgan fingerprint density at radius 2 is 1.31 bits per heavy atom. The molecule has 0 amide bonds. The molecule has 4 nitrogen and oxygen atoms in total. The summed E-state index contributed by atoms with van der Waals surface area (Å²) < 4.78 is 0. The minimum absolute atomic E-state index is 0.440. The summed E-state index contributed by atoms with van der Waals surface area (Å²) in [5.74, 6) is 0. The van der Waals surface area contributed by atoms with Crippen LogP contribution in [0.15, 0.2) is 60.1 Å². The van der Waals surface area contributed by atoms with Gasteiger partial charge in [0.05, 0.1) is 22.7 Å². The van der Waals surface area contributed by atoms with Crippen LogP contribution in [0.5, 0.6) is 0 Å². The molecule has 2 aliphatic rings. The van der Waals surface area contributed by atoms with Crippen molar-refractivity contribution in [3.63, 3.8) is 0 Å². The monoisotopic (exact) mass is 458 g/mol. The first-order valence-corrected chi connectivity index (χ1v) is 13.1. The maximum absolute atomic E-state index is 4.89. The number of benzene rings is 2. The van der Waals surface area contributed by atoms with Crippen molar-refractivity contribution in [3.05, 3.63) is 70.1 Å². The van der Waals surface area contributed by atoms with Crippen molar-refractivity contribution >= 4 is 22.7 Å². The Morgan fingerprint density at radius 1 is 0.719 bits per heavy atom. The highest BCUT2D eigenvalue weighted by molar-refractivity contribution is 7.15. The molecule has 4 aromatic rings. The number of thiazole rings is 2. The van der Waals surface area contributed by atoms with Gasteiger partial charge in [-0.15, -0.1) is 22.7 Å². The fraction of sp³-hybridized carbons (Fsp3) is 0.308. The van der Waals surface area contributed by atoms with Crippen LogP contribution in [0.25, 0.3) is 32.8 Å². The Hall–Kier alpha value is -2.38. The van der Waals surface area contributed by atoms with E-state index in [1.807, 2.05) is 17.5 Å². The van der Waals surface area contributed by atoms with E-state index in [4.69, 9.17) is 4.98 Å². The third-order valence-corrected chi connectivity index (χ3v) is 8.56. The molecular formula is C26H26N4S2. The van der Waals surface area contributed by atoms with Crippen LogP contribution in [0.3, 0.4) is 0 Å². The van der Waals surface area contributed by atoms with E-state index in [0.29, 0.717) is 12.1 Å². The predicted octanol–water partition coefficient (Wildman–Crippen LogP) is 6.45. The Bertz CT molecular complexity index is 1090. The van der Waals surface area contributed by atoms with E-state index in [9.17, 15) is 0 Å². The molecule has 4 heterocycles. The van der Waals surface area contributed by atoms with Crippen LogP contribution in [0.2, 0.25) is 0 Å². The maximum atomic E-state index is 4.89. The van der Waals surface area contributed by atoms with Gasteiger partial charge in [0.15, 0.2) is 0 Å². The van der Waals surface area contributed by atoms with Crippen LogP contribution in [-0.2, 0) is 0 Å². The fourth-order valence-electron chi connectivity index (χ4n) is 4.61. The Morgan fingerprint density at radius 3 is 1.94 bits per heavy atom. The summed E-state index contributed by atoms with van der Waals surface area (Å²) in [7, 11) is 0. The smallest absolute Gasteiger partial charge is 0.110 e. The van der Waals surface area contributed by atoms with Crippen LogP contribution in [0.4, 0.5) is 0 Å². The van der Waals surface area contributed by atoms with Crippen LogP contribution >= 0.6 is 22.7 Å². The summed E-state index contributed by atoms with van der Waals surface area (Å²) in [5.41, 5.74) is 5.97. The molecule has 2 fully saturated rings. The first-order chi connectivity index (χ1) is 15.8. The van der Waals surface area contributed by atoms with E-state index in [1.54, 1.807) is 11.3 Å². The second-order valence-electron chi connectivity index (χ2n) is 8.59. The molecule has 6 heteroatoms. The molecule has 2 aliphatic heterocycles. The normalized spacial score (nSPS) is 20.8. The molecule has 162 valence electrons. The van der Waals surface area contributed by atoms with Crippen molar-refractivity contribution in [1.29, 1.82) is 0 Å². The average Bonchev–Trinajstić information content (AvgIpc) is 3.66. The molecule has 2 atom stereocenters. The molecule has 0 spiro atoms. The van der Waals surface area contributed by atoms with Crippen molar-refractivity contribution in [1.82, 2.24) is 20.6 Å². The highest BCUT2D eigenvalue weighted by atomic mass is 32.1. The quantitative estimate of drug-likeness (QED) is 0.361. The van der Waals surface area contributed by atoms with Crippen molar-refractivity contribution in [2.24, 2.45) is 0 Å². The number of hydrogen-bond donors (Lipinski definition) is 2. The minimum Gasteiger partial charge on any atom is -0.308 e. The van der Waals surface area contributed by atoms with Gasteiger partial charge in [0.25, 0.3) is 0 Å². The molecule has 32 heavy (non-hydrogen) atoms. The van der Waals surface area contributed by atoms with Gasteiger partial charge in [0, 0.05) is 17.1 Å². The van der Waals surface area contributed by atoms with Crippen LogP contribution in [0.1, 0.15) is 47.8 Å². The fourth-order valence-corrected chi connectivity index (χ4v) is 6.58. The SMILES string of the molecule is c1cc(-c2csc([C@@H]3CCCN3)n2)ccc1-c1ccc(-c2cnc([C@@H]3CCCN3)s2)cc1. The van der Waals surface area contributed by atoms with Crippen molar-refractivity contribution < 1.29 is 0 Å². The molecule has 0 aliphatic carbocycles. The van der Waals surface area contributed by atoms with Gasteiger partial charge in [-0.1, -0.05) is 48.5 Å². The van der Waals surface area contributed by atoms with Crippen LogP contribution in [-0.4, -0.2) is 23.1 Å². The van der Waals surface area contributed by atoms with E-state index < -0.39 is 0 Å². The number of nitrogens with zero attached hydrogens (tertiary/aromatic N) is 2. The van der Waals surface area contributed by atoms with E-state index in [2.05, 4.69) is 69.5 Å². The second kappa shape index (κ2) is 8.87. The molecule has 6 rings (SSSR count). The Balaban J connectivity index is 1.17. The lowest BCUT2D eigenvalue weighted by molar-refractivity contribution is 0.643. The van der Waals surface area contributed by atoms with E-state index >= 15 is 0 Å². The summed E-state index contributed by atoms with van der Waals surface area (Å²) in [5, 5.41) is 11.7. The van der Waals surface area contributed by atoms with Crippen LogP contribution in [0, 0.1) is 0 Å². The zero-order chi connectivity index (χ0) is 21.3. The molecular weight excluding hydrogens is 432 g/mol. The van der Waals surface area contributed by atoms with E-state index in [1.165, 1.54) is 62.8 Å². The van der Waals surface area contributed by atoms with Gasteiger partial charge in [-0.25, -0.2) is 9.97 Å². The van der Waals surface area contributed by atoms with Gasteiger partial charge in [0.1, 0.15) is 10.0 Å². The van der Waals surface area contributed by atoms with Gasteiger partial charge in [-0.3, -0.25) is 0 Å².